The Morgan fingerprint density at radius 1 is 1.15 bits per heavy atom. The number of anilines is 1. The van der Waals surface area contributed by atoms with Crippen LogP contribution in [0, 0.1) is 5.82 Å². The Morgan fingerprint density at radius 2 is 1.85 bits per heavy atom. The number of amides is 2. The Kier molecular flexibility index (Phi) is 6.86. The van der Waals surface area contributed by atoms with Gasteiger partial charge in [0, 0.05) is 31.7 Å². The van der Waals surface area contributed by atoms with Gasteiger partial charge in [-0.1, -0.05) is 30.3 Å². The van der Waals surface area contributed by atoms with Gasteiger partial charge in [-0.15, -0.1) is 0 Å². The molecular formula is C20H24FN3O2. The van der Waals surface area contributed by atoms with Crippen molar-refractivity contribution in [2.75, 3.05) is 18.9 Å². The maximum Gasteiger partial charge on any atom is 0.254 e. The number of likely N-dealkylation sites (N-methyl/N-ethyl adjacent to an activating group) is 1. The van der Waals surface area contributed by atoms with Gasteiger partial charge in [0.2, 0.25) is 5.91 Å². The van der Waals surface area contributed by atoms with Crippen molar-refractivity contribution in [2.45, 2.75) is 26.4 Å². The summed E-state index contributed by atoms with van der Waals surface area (Å²) in [5.41, 5.74) is 1.48. The lowest BCUT2D eigenvalue weighted by Gasteiger charge is -2.22. The molecular weight excluding hydrogens is 333 g/mol. The van der Waals surface area contributed by atoms with Crippen LogP contribution in [0.5, 0.6) is 0 Å². The van der Waals surface area contributed by atoms with Gasteiger partial charge in [-0.25, -0.2) is 4.39 Å². The summed E-state index contributed by atoms with van der Waals surface area (Å²) in [4.78, 5) is 25.6. The van der Waals surface area contributed by atoms with Crippen LogP contribution in [-0.4, -0.2) is 36.3 Å². The van der Waals surface area contributed by atoms with E-state index in [9.17, 15) is 14.0 Å². The molecule has 1 unspecified atom stereocenters. The highest BCUT2D eigenvalue weighted by Gasteiger charge is 2.16. The number of hydrogen-bond donors (Lipinski definition) is 2. The molecule has 0 saturated heterocycles. The minimum absolute atomic E-state index is 0.0891. The first-order valence-electron chi connectivity index (χ1n) is 8.45. The van der Waals surface area contributed by atoms with E-state index in [0.29, 0.717) is 12.2 Å². The zero-order chi connectivity index (χ0) is 19.1. The summed E-state index contributed by atoms with van der Waals surface area (Å²) in [6.07, 6.45) is 0. The number of halogens is 1. The SMILES string of the molecule is CC(=O)Nc1ccc(F)c(C(=O)NC(C)CN(C)Cc2ccccc2)c1. The normalized spacial score (nSPS) is 11.9. The van der Waals surface area contributed by atoms with E-state index in [4.69, 9.17) is 0 Å². The van der Waals surface area contributed by atoms with Gasteiger partial charge >= 0.3 is 0 Å². The minimum atomic E-state index is -0.624. The second-order valence-corrected chi connectivity index (χ2v) is 6.43. The molecule has 0 heterocycles. The monoisotopic (exact) mass is 357 g/mol. The zero-order valence-corrected chi connectivity index (χ0v) is 15.3. The average Bonchev–Trinajstić information content (AvgIpc) is 2.56. The minimum Gasteiger partial charge on any atom is -0.348 e. The average molecular weight is 357 g/mol. The van der Waals surface area contributed by atoms with E-state index in [2.05, 4.69) is 15.5 Å². The van der Waals surface area contributed by atoms with Crippen LogP contribution in [0.3, 0.4) is 0 Å². The highest BCUT2D eigenvalue weighted by atomic mass is 19.1. The van der Waals surface area contributed by atoms with E-state index in [0.717, 1.165) is 6.54 Å². The van der Waals surface area contributed by atoms with Crippen LogP contribution in [-0.2, 0) is 11.3 Å². The van der Waals surface area contributed by atoms with Gasteiger partial charge in [0.1, 0.15) is 5.82 Å². The van der Waals surface area contributed by atoms with Crippen LogP contribution < -0.4 is 10.6 Å². The molecule has 2 N–H and O–H groups in total. The van der Waals surface area contributed by atoms with Gasteiger partial charge in [-0.2, -0.15) is 0 Å². The zero-order valence-electron chi connectivity index (χ0n) is 15.3. The van der Waals surface area contributed by atoms with E-state index in [1.165, 1.54) is 30.7 Å². The number of benzene rings is 2. The van der Waals surface area contributed by atoms with Crippen molar-refractivity contribution in [3.63, 3.8) is 0 Å². The molecule has 0 fully saturated rings. The molecule has 0 aromatic heterocycles. The molecule has 0 radical (unpaired) electrons. The van der Waals surface area contributed by atoms with Crippen LogP contribution in [0.25, 0.3) is 0 Å². The second kappa shape index (κ2) is 9.10. The molecule has 0 saturated carbocycles. The summed E-state index contributed by atoms with van der Waals surface area (Å²) < 4.78 is 14.0. The van der Waals surface area contributed by atoms with Crippen LogP contribution in [0.2, 0.25) is 0 Å². The van der Waals surface area contributed by atoms with Gasteiger partial charge in [0.05, 0.1) is 5.56 Å². The summed E-state index contributed by atoms with van der Waals surface area (Å²) in [7, 11) is 1.97. The molecule has 2 rings (SSSR count). The van der Waals surface area contributed by atoms with Crippen molar-refractivity contribution in [1.82, 2.24) is 10.2 Å². The first-order chi connectivity index (χ1) is 12.3. The van der Waals surface area contributed by atoms with Crippen molar-refractivity contribution in [3.8, 4) is 0 Å². The summed E-state index contributed by atoms with van der Waals surface area (Å²) in [6.45, 7) is 4.60. The van der Waals surface area contributed by atoms with Crippen LogP contribution in [0.4, 0.5) is 10.1 Å². The molecule has 0 aliphatic heterocycles. The van der Waals surface area contributed by atoms with Crippen molar-refractivity contribution in [1.29, 1.82) is 0 Å². The molecule has 2 amide bonds. The van der Waals surface area contributed by atoms with Crippen molar-refractivity contribution >= 4 is 17.5 Å². The van der Waals surface area contributed by atoms with Gasteiger partial charge in [-0.05, 0) is 37.7 Å². The first kappa shape index (κ1) is 19.6. The molecule has 0 spiro atoms. The largest absolute Gasteiger partial charge is 0.348 e. The van der Waals surface area contributed by atoms with Gasteiger partial charge in [-0.3, -0.25) is 9.59 Å². The molecule has 6 heteroatoms. The van der Waals surface area contributed by atoms with Crippen LogP contribution in [0.1, 0.15) is 29.8 Å². The van der Waals surface area contributed by atoms with E-state index in [1.54, 1.807) is 0 Å². The predicted octanol–water partition coefficient (Wildman–Crippen LogP) is 3.03. The van der Waals surface area contributed by atoms with Gasteiger partial charge in [0.15, 0.2) is 0 Å². The van der Waals surface area contributed by atoms with Crippen molar-refractivity contribution in [2.24, 2.45) is 0 Å². The summed E-state index contributed by atoms with van der Waals surface area (Å²) in [5, 5.41) is 5.35. The predicted molar refractivity (Wildman–Crippen MR) is 100 cm³/mol. The third kappa shape index (κ3) is 5.97. The smallest absolute Gasteiger partial charge is 0.254 e. The molecule has 0 aliphatic rings. The van der Waals surface area contributed by atoms with Gasteiger partial charge < -0.3 is 15.5 Å². The highest BCUT2D eigenvalue weighted by Crippen LogP contribution is 2.15. The van der Waals surface area contributed by atoms with Crippen molar-refractivity contribution in [3.05, 3.63) is 65.5 Å². The Hall–Kier alpha value is -2.73. The molecule has 2 aromatic rings. The number of carbonyl (C=O) groups excluding carboxylic acids is 2. The lowest BCUT2D eigenvalue weighted by atomic mass is 10.1. The van der Waals surface area contributed by atoms with E-state index in [1.807, 2.05) is 44.3 Å². The van der Waals surface area contributed by atoms with Gasteiger partial charge in [0.25, 0.3) is 5.91 Å². The summed E-state index contributed by atoms with van der Waals surface area (Å²) >= 11 is 0. The number of nitrogens with one attached hydrogen (secondary N) is 2. The fourth-order valence-corrected chi connectivity index (χ4v) is 2.75. The lowest BCUT2D eigenvalue weighted by Crippen LogP contribution is -2.40. The van der Waals surface area contributed by atoms with E-state index in [-0.39, 0.29) is 17.5 Å². The van der Waals surface area contributed by atoms with E-state index >= 15 is 0 Å². The number of carbonyl (C=O) groups is 2. The Balaban J connectivity index is 1.95. The lowest BCUT2D eigenvalue weighted by molar-refractivity contribution is -0.114. The number of nitrogens with zero attached hydrogens (tertiary/aromatic N) is 1. The third-order valence-electron chi connectivity index (χ3n) is 3.79. The third-order valence-corrected chi connectivity index (χ3v) is 3.79. The van der Waals surface area contributed by atoms with E-state index < -0.39 is 11.7 Å². The number of rotatable bonds is 7. The Bertz CT molecular complexity index is 765. The summed E-state index contributed by atoms with van der Waals surface area (Å²) in [5.74, 6) is -1.41. The fraction of sp³-hybridized carbons (Fsp3) is 0.300. The number of hydrogen-bond acceptors (Lipinski definition) is 3. The molecule has 138 valence electrons. The molecule has 1 atom stereocenters. The first-order valence-corrected chi connectivity index (χ1v) is 8.45. The Morgan fingerprint density at radius 3 is 2.50 bits per heavy atom. The standard InChI is InChI=1S/C20H24FN3O2/c1-14(12-24(3)13-16-7-5-4-6-8-16)22-20(26)18-11-17(23-15(2)25)9-10-19(18)21/h4-11,14H,12-13H2,1-3H3,(H,22,26)(H,23,25). The molecule has 0 aliphatic carbocycles. The Labute approximate surface area is 153 Å². The maximum atomic E-state index is 14.0. The van der Waals surface area contributed by atoms with Crippen molar-refractivity contribution < 1.29 is 14.0 Å². The van der Waals surface area contributed by atoms with Crippen LogP contribution >= 0.6 is 0 Å². The second-order valence-electron chi connectivity index (χ2n) is 6.43. The fourth-order valence-electron chi connectivity index (χ4n) is 2.75. The molecule has 5 nitrogen and oxygen atoms in total. The quantitative estimate of drug-likeness (QED) is 0.801. The molecule has 0 bridgehead atoms. The maximum absolute atomic E-state index is 14.0. The summed E-state index contributed by atoms with van der Waals surface area (Å²) in [6, 6.07) is 13.8. The molecule has 2 aromatic carbocycles. The topological polar surface area (TPSA) is 61.4 Å². The van der Waals surface area contributed by atoms with Crippen LogP contribution in [0.15, 0.2) is 48.5 Å². The molecule has 26 heavy (non-hydrogen) atoms. The highest BCUT2D eigenvalue weighted by molar-refractivity contribution is 5.97.